The van der Waals surface area contributed by atoms with Crippen molar-refractivity contribution in [3.63, 3.8) is 0 Å². The van der Waals surface area contributed by atoms with Crippen LogP contribution in [0.1, 0.15) is 18.4 Å². The number of likely N-dealkylation sites (tertiary alicyclic amines) is 1. The number of carbonyl (C=O) groups excluding carboxylic acids is 1. The molecule has 98 valence electrons. The van der Waals surface area contributed by atoms with E-state index in [2.05, 4.69) is 16.3 Å². The molecule has 1 aliphatic rings. The van der Waals surface area contributed by atoms with Gasteiger partial charge in [0.15, 0.2) is 0 Å². The van der Waals surface area contributed by atoms with E-state index in [0.29, 0.717) is 0 Å². The number of rotatable bonds is 3. The van der Waals surface area contributed by atoms with Gasteiger partial charge in [0.1, 0.15) is 0 Å². The predicted molar refractivity (Wildman–Crippen MR) is 71.9 cm³/mol. The molecule has 1 aliphatic heterocycles. The number of nitrogens with two attached hydrogens (primary N) is 2. The summed E-state index contributed by atoms with van der Waals surface area (Å²) in [5, 5.41) is 2.77. The lowest BCUT2D eigenvalue weighted by molar-refractivity contribution is 0.189. The van der Waals surface area contributed by atoms with Gasteiger partial charge in [-0.25, -0.2) is 4.79 Å². The molecule has 1 aromatic carbocycles. The van der Waals surface area contributed by atoms with E-state index in [1.54, 1.807) is 0 Å². The number of anilines is 1. The van der Waals surface area contributed by atoms with Crippen LogP contribution in [0.5, 0.6) is 0 Å². The molecule has 0 atom stereocenters. The lowest BCUT2D eigenvalue weighted by atomic mass is 10.0. The Hall–Kier alpha value is -1.75. The average molecular weight is 248 g/mol. The third kappa shape index (κ3) is 3.63. The van der Waals surface area contributed by atoms with Crippen LogP contribution < -0.4 is 16.8 Å². The first-order valence-electron chi connectivity index (χ1n) is 6.26. The van der Waals surface area contributed by atoms with Gasteiger partial charge < -0.3 is 16.8 Å². The zero-order valence-corrected chi connectivity index (χ0v) is 10.4. The number of nitrogens with zero attached hydrogens (tertiary/aromatic N) is 1. The van der Waals surface area contributed by atoms with E-state index in [1.807, 2.05) is 18.2 Å². The predicted octanol–water partition coefficient (Wildman–Crippen LogP) is 0.901. The van der Waals surface area contributed by atoms with Crippen molar-refractivity contribution in [3.8, 4) is 0 Å². The van der Waals surface area contributed by atoms with Crippen molar-refractivity contribution in [2.75, 3.05) is 18.8 Å². The Labute approximate surface area is 107 Å². The van der Waals surface area contributed by atoms with E-state index in [-0.39, 0.29) is 6.04 Å². The molecule has 0 unspecified atom stereocenters. The summed E-state index contributed by atoms with van der Waals surface area (Å²) in [7, 11) is 0. The van der Waals surface area contributed by atoms with Gasteiger partial charge in [-0.2, -0.15) is 0 Å². The molecule has 5 nitrogen and oxygen atoms in total. The number of primary amides is 1. The van der Waals surface area contributed by atoms with Gasteiger partial charge in [-0.3, -0.25) is 4.90 Å². The molecule has 0 saturated carbocycles. The minimum absolute atomic E-state index is 0.222. The van der Waals surface area contributed by atoms with Crippen LogP contribution >= 0.6 is 0 Å². The van der Waals surface area contributed by atoms with Crippen LogP contribution in [0.4, 0.5) is 10.5 Å². The SMILES string of the molecule is NC(=O)NC1CCN(Cc2cccc(N)c2)CC1. The lowest BCUT2D eigenvalue weighted by Gasteiger charge is -2.32. The number of urea groups is 1. The number of benzene rings is 1. The maximum absolute atomic E-state index is 10.8. The van der Waals surface area contributed by atoms with Gasteiger partial charge in [-0.15, -0.1) is 0 Å². The Bertz CT molecular complexity index is 413. The number of carbonyl (C=O) groups is 1. The summed E-state index contributed by atoms with van der Waals surface area (Å²) in [5.74, 6) is 0. The second kappa shape index (κ2) is 5.73. The van der Waals surface area contributed by atoms with Crippen molar-refractivity contribution < 1.29 is 4.79 Å². The van der Waals surface area contributed by atoms with Crippen LogP contribution in [0.25, 0.3) is 0 Å². The van der Waals surface area contributed by atoms with Crippen LogP contribution in [-0.2, 0) is 6.54 Å². The van der Waals surface area contributed by atoms with Gasteiger partial charge in [0.2, 0.25) is 0 Å². The second-order valence-electron chi connectivity index (χ2n) is 4.80. The van der Waals surface area contributed by atoms with Gasteiger partial charge in [0, 0.05) is 31.4 Å². The third-order valence-corrected chi connectivity index (χ3v) is 3.29. The molecule has 0 aliphatic carbocycles. The maximum atomic E-state index is 10.8. The first-order chi connectivity index (χ1) is 8.63. The first-order valence-corrected chi connectivity index (χ1v) is 6.26. The van der Waals surface area contributed by atoms with Crippen LogP contribution in [0.2, 0.25) is 0 Å². The Morgan fingerprint density at radius 3 is 2.72 bits per heavy atom. The summed E-state index contributed by atoms with van der Waals surface area (Å²) < 4.78 is 0. The quantitative estimate of drug-likeness (QED) is 0.695. The molecule has 18 heavy (non-hydrogen) atoms. The number of nitrogens with one attached hydrogen (secondary N) is 1. The summed E-state index contributed by atoms with van der Waals surface area (Å²) in [6.07, 6.45) is 1.90. The smallest absolute Gasteiger partial charge is 0.312 e. The van der Waals surface area contributed by atoms with Gasteiger partial charge in [0.05, 0.1) is 0 Å². The van der Waals surface area contributed by atoms with Crippen molar-refractivity contribution in [2.45, 2.75) is 25.4 Å². The molecular weight excluding hydrogens is 228 g/mol. The summed E-state index contributed by atoms with van der Waals surface area (Å²) in [6, 6.07) is 7.76. The summed E-state index contributed by atoms with van der Waals surface area (Å²) in [6.45, 7) is 2.85. The number of piperidine rings is 1. The molecule has 0 spiro atoms. The average Bonchev–Trinajstić information content (AvgIpc) is 2.31. The van der Waals surface area contributed by atoms with E-state index >= 15 is 0 Å². The molecule has 0 radical (unpaired) electrons. The minimum atomic E-state index is -0.427. The molecule has 1 heterocycles. The molecule has 2 rings (SSSR count). The van der Waals surface area contributed by atoms with E-state index in [9.17, 15) is 4.79 Å². The van der Waals surface area contributed by atoms with E-state index in [1.165, 1.54) is 5.56 Å². The zero-order chi connectivity index (χ0) is 13.0. The van der Waals surface area contributed by atoms with Crippen LogP contribution in [0.3, 0.4) is 0 Å². The number of nitrogen functional groups attached to an aromatic ring is 1. The third-order valence-electron chi connectivity index (χ3n) is 3.29. The Morgan fingerprint density at radius 1 is 1.39 bits per heavy atom. The Morgan fingerprint density at radius 2 is 2.11 bits per heavy atom. The zero-order valence-electron chi connectivity index (χ0n) is 10.4. The highest BCUT2D eigenvalue weighted by Gasteiger charge is 2.19. The molecule has 1 aromatic rings. The van der Waals surface area contributed by atoms with Crippen LogP contribution in [-0.4, -0.2) is 30.1 Å². The van der Waals surface area contributed by atoms with Crippen molar-refractivity contribution in [1.29, 1.82) is 0 Å². The summed E-state index contributed by atoms with van der Waals surface area (Å²) in [4.78, 5) is 13.1. The van der Waals surface area contributed by atoms with Crippen LogP contribution in [0.15, 0.2) is 24.3 Å². The van der Waals surface area contributed by atoms with Gasteiger partial charge >= 0.3 is 6.03 Å². The highest BCUT2D eigenvalue weighted by Crippen LogP contribution is 2.15. The standard InChI is InChI=1S/C13H20N4O/c14-11-3-1-2-10(8-11)9-17-6-4-12(5-7-17)16-13(15)18/h1-3,8,12H,4-7,9,14H2,(H3,15,16,18). The van der Waals surface area contributed by atoms with Crippen molar-refractivity contribution >= 4 is 11.7 Å². The van der Waals surface area contributed by atoms with Gasteiger partial charge in [0.25, 0.3) is 0 Å². The Kier molecular flexibility index (Phi) is 4.04. The van der Waals surface area contributed by atoms with Gasteiger partial charge in [-0.05, 0) is 30.5 Å². The second-order valence-corrected chi connectivity index (χ2v) is 4.80. The van der Waals surface area contributed by atoms with Crippen molar-refractivity contribution in [2.24, 2.45) is 5.73 Å². The maximum Gasteiger partial charge on any atom is 0.312 e. The molecular formula is C13H20N4O. The minimum Gasteiger partial charge on any atom is -0.399 e. The molecule has 5 heteroatoms. The van der Waals surface area contributed by atoms with Crippen LogP contribution in [0, 0.1) is 0 Å². The molecule has 0 aromatic heterocycles. The van der Waals surface area contributed by atoms with E-state index in [4.69, 9.17) is 11.5 Å². The summed E-state index contributed by atoms with van der Waals surface area (Å²) in [5.41, 5.74) is 12.9. The topological polar surface area (TPSA) is 84.4 Å². The summed E-state index contributed by atoms with van der Waals surface area (Å²) >= 11 is 0. The highest BCUT2D eigenvalue weighted by molar-refractivity contribution is 5.71. The lowest BCUT2D eigenvalue weighted by Crippen LogP contribution is -2.46. The molecule has 2 amide bonds. The molecule has 1 saturated heterocycles. The number of hydrogen-bond donors (Lipinski definition) is 3. The van der Waals surface area contributed by atoms with Gasteiger partial charge in [-0.1, -0.05) is 12.1 Å². The van der Waals surface area contributed by atoms with E-state index in [0.717, 1.165) is 38.2 Å². The normalized spacial score (nSPS) is 17.6. The monoisotopic (exact) mass is 248 g/mol. The fourth-order valence-corrected chi connectivity index (χ4v) is 2.39. The van der Waals surface area contributed by atoms with Crippen molar-refractivity contribution in [1.82, 2.24) is 10.2 Å². The fraction of sp³-hybridized carbons (Fsp3) is 0.462. The highest BCUT2D eigenvalue weighted by atomic mass is 16.2. The number of amides is 2. The van der Waals surface area contributed by atoms with E-state index < -0.39 is 6.03 Å². The fourth-order valence-electron chi connectivity index (χ4n) is 2.39. The number of hydrogen-bond acceptors (Lipinski definition) is 3. The molecule has 0 bridgehead atoms. The molecule has 1 fully saturated rings. The van der Waals surface area contributed by atoms with Crippen molar-refractivity contribution in [3.05, 3.63) is 29.8 Å². The Balaban J connectivity index is 1.81. The largest absolute Gasteiger partial charge is 0.399 e. The molecule has 5 N–H and O–H groups in total. The first kappa shape index (κ1) is 12.7.